The van der Waals surface area contributed by atoms with E-state index in [1.165, 1.54) is 0 Å². The lowest BCUT2D eigenvalue weighted by Gasteiger charge is -2.39. The zero-order chi connectivity index (χ0) is 18.1. The molecule has 3 aromatic heterocycles. The van der Waals surface area contributed by atoms with Crippen molar-refractivity contribution in [3.05, 3.63) is 42.5 Å². The third-order valence-electron chi connectivity index (χ3n) is 5.30. The van der Waals surface area contributed by atoms with Gasteiger partial charge in [0.2, 0.25) is 5.91 Å². The molecule has 0 aromatic carbocycles. The van der Waals surface area contributed by atoms with Crippen molar-refractivity contribution in [3.63, 3.8) is 0 Å². The normalized spacial score (nSPS) is 16.6. The summed E-state index contributed by atoms with van der Waals surface area (Å²) in [6.45, 7) is 5.69. The number of hydrogen-bond donors (Lipinski definition) is 2. The largest absolute Gasteiger partial charge is 0.371 e. The van der Waals surface area contributed by atoms with Gasteiger partial charge >= 0.3 is 0 Å². The molecule has 26 heavy (non-hydrogen) atoms. The van der Waals surface area contributed by atoms with Crippen molar-refractivity contribution in [3.8, 4) is 0 Å². The fourth-order valence-corrected chi connectivity index (χ4v) is 3.41. The number of aryl methyl sites for hydroxylation is 1. The highest BCUT2D eigenvalue weighted by Crippen LogP contribution is 2.34. The first-order valence-corrected chi connectivity index (χ1v) is 8.82. The van der Waals surface area contributed by atoms with E-state index in [1.807, 2.05) is 32.0 Å². The van der Waals surface area contributed by atoms with Crippen LogP contribution in [0.2, 0.25) is 0 Å². The molecule has 0 spiro atoms. The van der Waals surface area contributed by atoms with E-state index in [4.69, 9.17) is 0 Å². The van der Waals surface area contributed by atoms with Gasteiger partial charge in [0.15, 0.2) is 5.65 Å². The molecule has 2 N–H and O–H groups in total. The summed E-state index contributed by atoms with van der Waals surface area (Å²) in [6.07, 6.45) is 6.88. The van der Waals surface area contributed by atoms with E-state index in [0.717, 1.165) is 42.7 Å². The van der Waals surface area contributed by atoms with E-state index >= 15 is 0 Å². The Morgan fingerprint density at radius 3 is 2.73 bits per heavy atom. The van der Waals surface area contributed by atoms with Crippen LogP contribution in [0.15, 0.2) is 36.8 Å². The predicted molar refractivity (Wildman–Crippen MR) is 101 cm³/mol. The summed E-state index contributed by atoms with van der Waals surface area (Å²) in [5, 5.41) is 11.0. The van der Waals surface area contributed by atoms with Gasteiger partial charge in [0.1, 0.15) is 0 Å². The lowest BCUT2D eigenvalue weighted by molar-refractivity contribution is -0.125. The molecule has 0 aliphatic carbocycles. The number of hydrogen-bond acceptors (Lipinski definition) is 5. The van der Waals surface area contributed by atoms with Crippen molar-refractivity contribution in [1.82, 2.24) is 20.2 Å². The van der Waals surface area contributed by atoms with Crippen LogP contribution in [0, 0.1) is 12.3 Å². The van der Waals surface area contributed by atoms with Crippen molar-refractivity contribution in [2.75, 3.05) is 23.3 Å². The number of rotatable bonds is 3. The zero-order valence-electron chi connectivity index (χ0n) is 15.0. The Labute approximate surface area is 151 Å². The first kappa shape index (κ1) is 16.5. The van der Waals surface area contributed by atoms with Crippen LogP contribution in [-0.2, 0) is 4.79 Å². The maximum absolute atomic E-state index is 12.9. The molecule has 3 aromatic rings. The van der Waals surface area contributed by atoms with E-state index in [2.05, 4.69) is 30.4 Å². The quantitative estimate of drug-likeness (QED) is 0.758. The molecular formula is C19H22N6O. The SMILES string of the molecule is Cc1[nH]nc2ncc(NC(=O)C3(C)CCN(c4ccncc4)CC3)cc12. The Morgan fingerprint density at radius 2 is 2.00 bits per heavy atom. The van der Waals surface area contributed by atoms with Crippen LogP contribution in [0.25, 0.3) is 11.0 Å². The van der Waals surface area contributed by atoms with Crippen LogP contribution in [0.3, 0.4) is 0 Å². The number of nitrogens with one attached hydrogen (secondary N) is 2. The predicted octanol–water partition coefficient (Wildman–Crippen LogP) is 2.91. The number of H-pyrrole nitrogens is 1. The molecule has 7 nitrogen and oxygen atoms in total. The summed E-state index contributed by atoms with van der Waals surface area (Å²) in [7, 11) is 0. The molecule has 0 atom stereocenters. The van der Waals surface area contributed by atoms with Gasteiger partial charge < -0.3 is 10.2 Å². The van der Waals surface area contributed by atoms with Gasteiger partial charge in [-0.2, -0.15) is 5.10 Å². The molecule has 1 aliphatic rings. The number of pyridine rings is 2. The van der Waals surface area contributed by atoms with Gasteiger partial charge in [-0.15, -0.1) is 0 Å². The number of carbonyl (C=O) groups is 1. The lowest BCUT2D eigenvalue weighted by Crippen LogP contribution is -2.45. The molecule has 0 bridgehead atoms. The van der Waals surface area contributed by atoms with Crippen molar-refractivity contribution in [2.24, 2.45) is 5.41 Å². The maximum atomic E-state index is 12.9. The van der Waals surface area contributed by atoms with Crippen molar-refractivity contribution in [2.45, 2.75) is 26.7 Å². The maximum Gasteiger partial charge on any atom is 0.230 e. The molecule has 134 valence electrons. The summed E-state index contributed by atoms with van der Waals surface area (Å²) in [6, 6.07) is 5.95. The molecule has 1 fully saturated rings. The van der Waals surface area contributed by atoms with Crippen molar-refractivity contribution < 1.29 is 4.79 Å². The average Bonchev–Trinajstić information content (AvgIpc) is 3.04. The highest BCUT2D eigenvalue weighted by atomic mass is 16.2. The fraction of sp³-hybridized carbons (Fsp3) is 0.368. The number of aromatic nitrogens is 4. The number of carbonyl (C=O) groups excluding carboxylic acids is 1. The molecule has 1 aliphatic heterocycles. The number of aromatic amines is 1. The fourth-order valence-electron chi connectivity index (χ4n) is 3.41. The third kappa shape index (κ3) is 3.00. The number of piperidine rings is 1. The Kier molecular flexibility index (Phi) is 4.06. The summed E-state index contributed by atoms with van der Waals surface area (Å²) in [4.78, 5) is 23.6. The van der Waals surface area contributed by atoms with Crippen molar-refractivity contribution in [1.29, 1.82) is 0 Å². The Morgan fingerprint density at radius 1 is 1.27 bits per heavy atom. The Bertz CT molecular complexity index is 928. The minimum absolute atomic E-state index is 0.0502. The third-order valence-corrected chi connectivity index (χ3v) is 5.30. The average molecular weight is 350 g/mol. The number of nitrogens with zero attached hydrogens (tertiary/aromatic N) is 4. The second-order valence-electron chi connectivity index (χ2n) is 7.15. The minimum Gasteiger partial charge on any atom is -0.371 e. The Hall–Kier alpha value is -2.96. The van der Waals surface area contributed by atoms with Crippen molar-refractivity contribution >= 4 is 28.3 Å². The zero-order valence-corrected chi connectivity index (χ0v) is 15.0. The summed E-state index contributed by atoms with van der Waals surface area (Å²) in [5.74, 6) is 0.0502. The molecule has 7 heteroatoms. The molecule has 0 saturated carbocycles. The van der Waals surface area contributed by atoms with Crippen LogP contribution < -0.4 is 10.2 Å². The molecular weight excluding hydrogens is 328 g/mol. The lowest BCUT2D eigenvalue weighted by atomic mass is 9.79. The molecule has 4 rings (SSSR count). The number of amides is 1. The van der Waals surface area contributed by atoms with E-state index in [-0.39, 0.29) is 11.3 Å². The standard InChI is InChI=1S/C19H22N6O/c1-13-16-11-14(12-21-17(16)24-23-13)22-18(26)19(2)5-9-25(10-6-19)15-3-7-20-8-4-15/h3-4,7-8,11-12H,5-6,9-10H2,1-2H3,(H,22,26)(H,21,23,24). The second-order valence-corrected chi connectivity index (χ2v) is 7.15. The van der Waals surface area contributed by atoms with Gasteiger partial charge in [0.25, 0.3) is 0 Å². The van der Waals surface area contributed by atoms with E-state index in [1.54, 1.807) is 18.6 Å². The van der Waals surface area contributed by atoms with E-state index in [0.29, 0.717) is 11.3 Å². The molecule has 0 unspecified atom stereocenters. The van der Waals surface area contributed by atoms with Gasteiger partial charge in [-0.3, -0.25) is 14.9 Å². The number of anilines is 2. The molecule has 0 radical (unpaired) electrons. The Balaban J connectivity index is 1.45. The van der Waals surface area contributed by atoms with E-state index in [9.17, 15) is 4.79 Å². The van der Waals surface area contributed by atoms with Crippen LogP contribution in [0.5, 0.6) is 0 Å². The van der Waals surface area contributed by atoms with Gasteiger partial charge in [-0.25, -0.2) is 4.98 Å². The van der Waals surface area contributed by atoms with Crippen LogP contribution in [-0.4, -0.2) is 39.2 Å². The van der Waals surface area contributed by atoms with E-state index < -0.39 is 0 Å². The molecule has 4 heterocycles. The first-order valence-electron chi connectivity index (χ1n) is 8.82. The first-order chi connectivity index (χ1) is 12.5. The van der Waals surface area contributed by atoms with Gasteiger partial charge in [0, 0.05) is 42.3 Å². The van der Waals surface area contributed by atoms with Gasteiger partial charge in [-0.1, -0.05) is 6.92 Å². The topological polar surface area (TPSA) is 86.8 Å². The monoisotopic (exact) mass is 350 g/mol. The van der Waals surface area contributed by atoms with Gasteiger partial charge in [-0.05, 0) is 38.0 Å². The number of fused-ring (bicyclic) bond motifs is 1. The van der Waals surface area contributed by atoms with Crippen LogP contribution >= 0.6 is 0 Å². The van der Waals surface area contributed by atoms with Crippen LogP contribution in [0.4, 0.5) is 11.4 Å². The highest BCUT2D eigenvalue weighted by molar-refractivity contribution is 5.96. The van der Waals surface area contributed by atoms with Gasteiger partial charge in [0.05, 0.1) is 17.3 Å². The summed E-state index contributed by atoms with van der Waals surface area (Å²) >= 11 is 0. The minimum atomic E-state index is -0.385. The van der Waals surface area contributed by atoms with Crippen LogP contribution in [0.1, 0.15) is 25.5 Å². The second kappa shape index (κ2) is 6.40. The summed E-state index contributed by atoms with van der Waals surface area (Å²) < 4.78 is 0. The molecule has 1 saturated heterocycles. The molecule has 1 amide bonds. The summed E-state index contributed by atoms with van der Waals surface area (Å²) in [5.41, 5.74) is 3.10. The smallest absolute Gasteiger partial charge is 0.230 e. The highest BCUT2D eigenvalue weighted by Gasteiger charge is 2.37.